The van der Waals surface area contributed by atoms with E-state index in [0.717, 1.165) is 0 Å². The van der Waals surface area contributed by atoms with Crippen molar-refractivity contribution in [2.24, 2.45) is 0 Å². The van der Waals surface area contributed by atoms with Gasteiger partial charge < -0.3 is 24.8 Å². The minimum Gasteiger partial charge on any atom is -0.495 e. The van der Waals surface area contributed by atoms with Crippen LogP contribution >= 0.6 is 0 Å². The maximum Gasteiger partial charge on any atom is 0.294 e. The molecule has 7 heteroatoms. The maximum absolute atomic E-state index is 12.0. The minimum atomic E-state index is -0.423. The molecule has 1 aromatic carbocycles. The van der Waals surface area contributed by atoms with Crippen LogP contribution in [0.2, 0.25) is 0 Å². The summed E-state index contributed by atoms with van der Waals surface area (Å²) < 4.78 is 15.3. The predicted octanol–water partition coefficient (Wildman–Crippen LogP) is 1.48. The fourth-order valence-corrected chi connectivity index (χ4v) is 1.75. The summed E-state index contributed by atoms with van der Waals surface area (Å²) in [6.45, 7) is 2.15. The Morgan fingerprint density at radius 1 is 1.24 bits per heavy atom. The lowest BCUT2D eigenvalue weighted by Gasteiger charge is -2.16. The van der Waals surface area contributed by atoms with Crippen LogP contribution < -0.4 is 15.4 Å². The Hall–Kier alpha value is -2.70. The van der Waals surface area contributed by atoms with E-state index in [1.165, 1.54) is 20.3 Å². The third-order valence-electron chi connectivity index (χ3n) is 2.64. The first-order valence-electron chi connectivity index (χ1n) is 6.31. The lowest BCUT2D eigenvalue weighted by atomic mass is 10.2. The Kier molecular flexibility index (Phi) is 4.65. The Morgan fingerprint density at radius 2 is 2.05 bits per heavy atom. The van der Waals surface area contributed by atoms with Gasteiger partial charge in [-0.2, -0.15) is 0 Å². The van der Waals surface area contributed by atoms with Crippen LogP contribution in [0, 0.1) is 0 Å². The van der Waals surface area contributed by atoms with Crippen LogP contribution in [0.4, 0.5) is 11.4 Å². The van der Waals surface area contributed by atoms with Crippen LogP contribution in [0.3, 0.4) is 0 Å². The number of methoxy groups -OCH3 is 1. The Morgan fingerprint density at radius 3 is 2.67 bits per heavy atom. The normalized spacial score (nSPS) is 13.3. The molecule has 1 aliphatic rings. The molecule has 0 aromatic heterocycles. The van der Waals surface area contributed by atoms with Gasteiger partial charge in [-0.3, -0.25) is 9.59 Å². The lowest BCUT2D eigenvalue weighted by Crippen LogP contribution is -2.21. The molecule has 112 valence electrons. The molecule has 0 spiro atoms. The summed E-state index contributed by atoms with van der Waals surface area (Å²) in [5.41, 5.74) is 0.970. The van der Waals surface area contributed by atoms with Crippen molar-refractivity contribution in [3.8, 4) is 5.75 Å². The second-order valence-corrected chi connectivity index (χ2v) is 4.25. The zero-order valence-corrected chi connectivity index (χ0v) is 11.8. The number of anilines is 2. The summed E-state index contributed by atoms with van der Waals surface area (Å²) in [4.78, 5) is 23.1. The van der Waals surface area contributed by atoms with Crippen LogP contribution in [0.1, 0.15) is 6.92 Å². The molecule has 0 bridgehead atoms. The minimum absolute atomic E-state index is 0.109. The Balaban J connectivity index is 2.14. The first-order valence-corrected chi connectivity index (χ1v) is 6.31. The van der Waals surface area contributed by atoms with Gasteiger partial charge in [0.15, 0.2) is 0 Å². The molecule has 2 N–H and O–H groups in total. The molecule has 0 fully saturated rings. The summed E-state index contributed by atoms with van der Waals surface area (Å²) in [6, 6.07) is 4.90. The first kappa shape index (κ1) is 14.7. The van der Waals surface area contributed by atoms with E-state index in [1.54, 1.807) is 18.2 Å². The molecule has 0 saturated carbocycles. The summed E-state index contributed by atoms with van der Waals surface area (Å²) in [5.74, 6) is -0.0463. The molecule has 2 amide bonds. The number of amides is 2. The van der Waals surface area contributed by atoms with Crippen molar-refractivity contribution in [2.75, 3.05) is 31.0 Å². The standard InChI is InChI=1S/C14H16N2O5/c1-9(17)15-11-7-10(3-4-12(11)19-2)16-14(18)13-8-20-5-6-21-13/h3-4,7-8H,5-6H2,1-2H3,(H,15,17)(H,16,18). The molecule has 0 radical (unpaired) electrons. The fraction of sp³-hybridized carbons (Fsp3) is 0.286. The van der Waals surface area contributed by atoms with Crippen molar-refractivity contribution in [2.45, 2.75) is 6.92 Å². The number of nitrogens with one attached hydrogen (secondary N) is 2. The summed E-state index contributed by atoms with van der Waals surface area (Å²) >= 11 is 0. The molecule has 1 aromatic rings. The average molecular weight is 292 g/mol. The van der Waals surface area contributed by atoms with Gasteiger partial charge in [-0.15, -0.1) is 0 Å². The van der Waals surface area contributed by atoms with Gasteiger partial charge in [-0.1, -0.05) is 0 Å². The van der Waals surface area contributed by atoms with E-state index < -0.39 is 5.91 Å². The van der Waals surface area contributed by atoms with Crippen molar-refractivity contribution in [3.63, 3.8) is 0 Å². The van der Waals surface area contributed by atoms with Crippen LogP contribution in [-0.2, 0) is 19.1 Å². The lowest BCUT2D eigenvalue weighted by molar-refractivity contribution is -0.117. The van der Waals surface area contributed by atoms with Crippen molar-refractivity contribution in [1.82, 2.24) is 0 Å². The van der Waals surface area contributed by atoms with Crippen molar-refractivity contribution in [3.05, 3.63) is 30.2 Å². The highest BCUT2D eigenvalue weighted by Crippen LogP contribution is 2.28. The predicted molar refractivity (Wildman–Crippen MR) is 75.9 cm³/mol. The summed E-state index contributed by atoms with van der Waals surface area (Å²) in [6.07, 6.45) is 1.27. The van der Waals surface area contributed by atoms with Gasteiger partial charge in [0.25, 0.3) is 5.91 Å². The zero-order valence-electron chi connectivity index (χ0n) is 11.8. The van der Waals surface area contributed by atoms with Crippen LogP contribution in [0.25, 0.3) is 0 Å². The van der Waals surface area contributed by atoms with Crippen molar-refractivity contribution >= 4 is 23.2 Å². The van der Waals surface area contributed by atoms with Gasteiger partial charge in [0.2, 0.25) is 11.7 Å². The highest BCUT2D eigenvalue weighted by molar-refractivity contribution is 6.03. The van der Waals surface area contributed by atoms with Crippen molar-refractivity contribution in [1.29, 1.82) is 0 Å². The van der Waals surface area contributed by atoms with Gasteiger partial charge in [0, 0.05) is 12.6 Å². The van der Waals surface area contributed by atoms with Crippen LogP contribution in [0.5, 0.6) is 5.75 Å². The molecule has 0 saturated heterocycles. The fourth-order valence-electron chi connectivity index (χ4n) is 1.75. The topological polar surface area (TPSA) is 85.9 Å². The smallest absolute Gasteiger partial charge is 0.294 e. The van der Waals surface area contributed by atoms with E-state index in [0.29, 0.717) is 30.3 Å². The number of hydrogen-bond donors (Lipinski definition) is 2. The highest BCUT2D eigenvalue weighted by Gasteiger charge is 2.16. The SMILES string of the molecule is COc1ccc(NC(=O)C2=COCCO2)cc1NC(C)=O. The summed E-state index contributed by atoms with van der Waals surface area (Å²) in [7, 11) is 1.50. The van der Waals surface area contributed by atoms with Gasteiger partial charge in [-0.05, 0) is 18.2 Å². The molecule has 0 aliphatic carbocycles. The van der Waals surface area contributed by atoms with Gasteiger partial charge in [0.1, 0.15) is 25.2 Å². The first-order chi connectivity index (χ1) is 10.1. The number of carbonyl (C=O) groups excluding carboxylic acids is 2. The molecule has 2 rings (SSSR count). The quantitative estimate of drug-likeness (QED) is 0.878. The molecule has 21 heavy (non-hydrogen) atoms. The number of hydrogen-bond acceptors (Lipinski definition) is 5. The molecule has 1 heterocycles. The molecule has 7 nitrogen and oxygen atoms in total. The number of benzene rings is 1. The largest absolute Gasteiger partial charge is 0.495 e. The van der Waals surface area contributed by atoms with Gasteiger partial charge in [0.05, 0.1) is 12.8 Å². The monoisotopic (exact) mass is 292 g/mol. The molecule has 1 aliphatic heterocycles. The van der Waals surface area contributed by atoms with E-state index in [1.807, 2.05) is 0 Å². The van der Waals surface area contributed by atoms with E-state index in [2.05, 4.69) is 10.6 Å². The molecule has 0 atom stereocenters. The van der Waals surface area contributed by atoms with Crippen LogP contribution in [0.15, 0.2) is 30.2 Å². The zero-order chi connectivity index (χ0) is 15.2. The average Bonchev–Trinajstić information content (AvgIpc) is 2.48. The molecular formula is C14H16N2O5. The second kappa shape index (κ2) is 6.65. The van der Waals surface area contributed by atoms with Gasteiger partial charge >= 0.3 is 0 Å². The Labute approximate surface area is 121 Å². The summed E-state index contributed by atoms with van der Waals surface area (Å²) in [5, 5.41) is 5.29. The van der Waals surface area contributed by atoms with Gasteiger partial charge in [-0.25, -0.2) is 0 Å². The maximum atomic E-state index is 12.0. The second-order valence-electron chi connectivity index (χ2n) is 4.25. The number of rotatable bonds is 4. The number of ether oxygens (including phenoxy) is 3. The van der Waals surface area contributed by atoms with E-state index >= 15 is 0 Å². The number of carbonyl (C=O) groups is 2. The van der Waals surface area contributed by atoms with Crippen molar-refractivity contribution < 1.29 is 23.8 Å². The highest BCUT2D eigenvalue weighted by atomic mass is 16.6. The van der Waals surface area contributed by atoms with E-state index in [-0.39, 0.29) is 11.7 Å². The molecule has 0 unspecified atom stereocenters. The van der Waals surface area contributed by atoms with E-state index in [9.17, 15) is 9.59 Å². The molecular weight excluding hydrogens is 276 g/mol. The third-order valence-corrected chi connectivity index (χ3v) is 2.64. The Bertz CT molecular complexity index is 583. The van der Waals surface area contributed by atoms with E-state index in [4.69, 9.17) is 14.2 Å². The van der Waals surface area contributed by atoms with Crippen LogP contribution in [-0.4, -0.2) is 32.1 Å². The third kappa shape index (κ3) is 3.88.